The molecular weight excluding hydrogens is 565 g/mol. The SMILES string of the molecule is Cc1nc2nc(C3CCOC(c4ccc(=O)n(-c5csc(C6CC6)n5)c4)C3)nc(C34CC(C(F)(F)F)(C3)C4)c2nc1C. The van der Waals surface area contributed by atoms with Gasteiger partial charge in [-0.1, -0.05) is 0 Å². The molecule has 2 bridgehead atoms. The molecule has 5 aliphatic rings. The number of pyridine rings is 1. The summed E-state index contributed by atoms with van der Waals surface area (Å²) in [7, 11) is 0. The number of rotatable bonds is 5. The van der Waals surface area contributed by atoms with Gasteiger partial charge < -0.3 is 4.74 Å². The minimum atomic E-state index is -4.21. The highest BCUT2D eigenvalue weighted by molar-refractivity contribution is 7.10. The minimum absolute atomic E-state index is 0.0423. The summed E-state index contributed by atoms with van der Waals surface area (Å²) in [6.45, 7) is 4.17. The maximum Gasteiger partial charge on any atom is 0.394 e. The molecule has 1 saturated heterocycles. The first kappa shape index (κ1) is 26.4. The van der Waals surface area contributed by atoms with Gasteiger partial charge in [0.1, 0.15) is 11.3 Å². The van der Waals surface area contributed by atoms with E-state index in [-0.39, 0.29) is 36.8 Å². The summed E-state index contributed by atoms with van der Waals surface area (Å²) in [5.41, 5.74) is 1.51. The summed E-state index contributed by atoms with van der Waals surface area (Å²) in [5.74, 6) is 1.64. The third kappa shape index (κ3) is 3.97. The molecule has 2 atom stereocenters. The van der Waals surface area contributed by atoms with E-state index in [1.165, 1.54) is 0 Å². The van der Waals surface area contributed by atoms with Crippen LogP contribution in [0, 0.1) is 19.3 Å². The third-order valence-electron chi connectivity index (χ3n) is 9.73. The van der Waals surface area contributed by atoms with Crippen LogP contribution < -0.4 is 5.56 Å². The molecule has 0 aromatic carbocycles. The summed E-state index contributed by atoms with van der Waals surface area (Å²) in [6, 6.07) is 3.34. The number of aryl methyl sites for hydroxylation is 2. The van der Waals surface area contributed by atoms with Gasteiger partial charge in [-0.25, -0.2) is 24.9 Å². The van der Waals surface area contributed by atoms with Crippen LogP contribution in [0.5, 0.6) is 0 Å². The van der Waals surface area contributed by atoms with Crippen LogP contribution in [0.2, 0.25) is 0 Å². The second-order valence-electron chi connectivity index (χ2n) is 12.7. The lowest BCUT2D eigenvalue weighted by Crippen LogP contribution is -2.70. The number of halogens is 3. The van der Waals surface area contributed by atoms with Crippen LogP contribution in [0.1, 0.15) is 96.4 Å². The van der Waals surface area contributed by atoms with Crippen LogP contribution in [0.25, 0.3) is 17.0 Å². The number of alkyl halides is 3. The van der Waals surface area contributed by atoms with Gasteiger partial charge in [0.2, 0.25) is 0 Å². The molecule has 2 unspecified atom stereocenters. The van der Waals surface area contributed by atoms with E-state index < -0.39 is 17.0 Å². The van der Waals surface area contributed by atoms with Gasteiger partial charge in [0.05, 0.1) is 33.6 Å². The summed E-state index contributed by atoms with van der Waals surface area (Å²) in [4.78, 5) is 36.6. The Bertz CT molecular complexity index is 1790. The van der Waals surface area contributed by atoms with Crippen molar-refractivity contribution in [2.75, 3.05) is 6.61 Å². The predicted octanol–water partition coefficient (Wildman–Crippen LogP) is 6.14. The molecule has 0 N–H and O–H groups in total. The molecule has 0 spiro atoms. The van der Waals surface area contributed by atoms with E-state index in [9.17, 15) is 18.0 Å². The highest BCUT2D eigenvalue weighted by Crippen LogP contribution is 2.78. The lowest BCUT2D eigenvalue weighted by atomic mass is 9.34. The maximum absolute atomic E-state index is 13.7. The molecule has 9 rings (SSSR count). The molecule has 12 heteroatoms. The zero-order valence-electron chi connectivity index (χ0n) is 23.2. The topological polar surface area (TPSA) is 95.7 Å². The summed E-state index contributed by atoms with van der Waals surface area (Å²) < 4.78 is 48.9. The van der Waals surface area contributed by atoms with Crippen LogP contribution in [0.3, 0.4) is 0 Å². The Hall–Kier alpha value is -3.25. The maximum atomic E-state index is 13.7. The molecule has 5 fully saturated rings. The molecule has 0 amide bonds. The Morgan fingerprint density at radius 1 is 0.976 bits per heavy atom. The van der Waals surface area contributed by atoms with Crippen LogP contribution in [0.4, 0.5) is 13.2 Å². The molecule has 5 heterocycles. The molecule has 8 nitrogen and oxygen atoms in total. The summed E-state index contributed by atoms with van der Waals surface area (Å²) in [5, 5.41) is 2.99. The zero-order chi connectivity index (χ0) is 29.0. The Kier molecular flexibility index (Phi) is 5.58. The number of hydrogen-bond acceptors (Lipinski definition) is 8. The number of nitrogens with zero attached hydrogens (tertiary/aromatic N) is 6. The van der Waals surface area contributed by atoms with E-state index in [2.05, 4.69) is 4.98 Å². The highest BCUT2D eigenvalue weighted by atomic mass is 32.1. The van der Waals surface area contributed by atoms with Gasteiger partial charge in [0, 0.05) is 41.5 Å². The van der Waals surface area contributed by atoms with Gasteiger partial charge >= 0.3 is 6.18 Å². The normalized spacial score (nSPS) is 28.9. The van der Waals surface area contributed by atoms with E-state index >= 15 is 0 Å². The second kappa shape index (κ2) is 8.89. The van der Waals surface area contributed by atoms with Crippen molar-refractivity contribution in [3.63, 3.8) is 0 Å². The van der Waals surface area contributed by atoms with Crippen molar-refractivity contribution in [3.05, 3.63) is 67.5 Å². The van der Waals surface area contributed by atoms with Gasteiger partial charge in [-0.2, -0.15) is 13.2 Å². The van der Waals surface area contributed by atoms with Crippen LogP contribution in [0.15, 0.2) is 28.5 Å². The number of hydrogen-bond donors (Lipinski definition) is 0. The largest absolute Gasteiger partial charge is 0.394 e. The smallest absolute Gasteiger partial charge is 0.373 e. The molecular formula is C30H29F3N6O2S. The van der Waals surface area contributed by atoms with Crippen LogP contribution in [-0.2, 0) is 10.2 Å². The first-order valence-corrected chi connectivity index (χ1v) is 15.3. The number of fused-ring (bicyclic) bond motifs is 1. The van der Waals surface area contributed by atoms with Crippen molar-refractivity contribution >= 4 is 22.5 Å². The Labute approximate surface area is 243 Å². The van der Waals surface area contributed by atoms with E-state index in [0.29, 0.717) is 53.9 Å². The van der Waals surface area contributed by atoms with Crippen molar-refractivity contribution in [2.24, 2.45) is 5.41 Å². The molecule has 4 aromatic heterocycles. The molecule has 4 saturated carbocycles. The predicted molar refractivity (Wildman–Crippen MR) is 149 cm³/mol. The fourth-order valence-corrected chi connectivity index (χ4v) is 8.03. The van der Waals surface area contributed by atoms with Crippen LogP contribution in [-0.4, -0.2) is 42.3 Å². The monoisotopic (exact) mass is 594 g/mol. The summed E-state index contributed by atoms with van der Waals surface area (Å²) >= 11 is 1.59. The highest BCUT2D eigenvalue weighted by Gasteiger charge is 2.79. The van der Waals surface area contributed by atoms with Crippen LogP contribution >= 0.6 is 11.3 Å². The van der Waals surface area contributed by atoms with Crippen molar-refractivity contribution in [2.45, 2.75) is 88.3 Å². The summed E-state index contributed by atoms with van der Waals surface area (Å²) in [6.07, 6.45) is 0.974. The first-order valence-electron chi connectivity index (χ1n) is 14.4. The van der Waals surface area contributed by atoms with Gasteiger partial charge in [-0.05, 0) is 70.4 Å². The molecule has 1 aliphatic heterocycles. The molecule has 4 aromatic rings. The van der Waals surface area contributed by atoms with Crippen molar-refractivity contribution in [1.29, 1.82) is 0 Å². The van der Waals surface area contributed by atoms with E-state index in [4.69, 9.17) is 24.7 Å². The lowest BCUT2D eigenvalue weighted by molar-refractivity contribution is -0.337. The minimum Gasteiger partial charge on any atom is -0.373 e. The second-order valence-corrected chi connectivity index (χ2v) is 13.5. The standard InChI is InChI=1S/C30H29F3N6O2S/c1-15-16(2)35-26-23(34-15)24(28-12-29(13-28,14-28)30(31,32)33)37-25(38-26)18-7-8-41-20(9-18)19-5-6-22(40)39(10-19)21-11-42-27(36-21)17-3-4-17/h5-6,10-11,17-18,20H,3-4,7-9,12-14H2,1-2H3. The van der Waals surface area contributed by atoms with Crippen molar-refractivity contribution in [3.8, 4) is 5.82 Å². The van der Waals surface area contributed by atoms with E-state index in [1.807, 2.05) is 25.4 Å². The van der Waals surface area contributed by atoms with E-state index in [0.717, 1.165) is 34.8 Å². The Balaban J connectivity index is 1.12. The number of ether oxygens (including phenoxy) is 1. The molecule has 42 heavy (non-hydrogen) atoms. The zero-order valence-corrected chi connectivity index (χ0v) is 24.1. The number of aromatic nitrogens is 6. The number of thiazole rings is 1. The van der Waals surface area contributed by atoms with Gasteiger partial charge in [-0.15, -0.1) is 11.3 Å². The van der Waals surface area contributed by atoms with Crippen molar-refractivity contribution in [1.82, 2.24) is 29.5 Å². The van der Waals surface area contributed by atoms with Gasteiger partial charge in [0.25, 0.3) is 5.56 Å². The molecule has 0 radical (unpaired) electrons. The average molecular weight is 595 g/mol. The van der Waals surface area contributed by atoms with Crippen molar-refractivity contribution < 1.29 is 17.9 Å². The third-order valence-corrected chi connectivity index (χ3v) is 10.7. The van der Waals surface area contributed by atoms with Gasteiger partial charge in [0.15, 0.2) is 11.5 Å². The molecule has 218 valence electrons. The molecule has 4 aliphatic carbocycles. The van der Waals surface area contributed by atoms with E-state index in [1.54, 1.807) is 28.0 Å². The fourth-order valence-electron chi connectivity index (χ4n) is 7.07. The lowest BCUT2D eigenvalue weighted by Gasteiger charge is -2.70. The van der Waals surface area contributed by atoms with Gasteiger partial charge in [-0.3, -0.25) is 9.36 Å². The Morgan fingerprint density at radius 2 is 1.74 bits per heavy atom. The average Bonchev–Trinajstić information content (AvgIpc) is 3.64. The fraction of sp³-hybridized carbons (Fsp3) is 0.533. The first-order chi connectivity index (χ1) is 20.0. The quantitative estimate of drug-likeness (QED) is 0.274. The Morgan fingerprint density at radius 3 is 2.48 bits per heavy atom.